The largest absolute Gasteiger partial charge is 0.491 e. The molecule has 1 fully saturated rings. The zero-order chi connectivity index (χ0) is 18.9. The van der Waals surface area contributed by atoms with Crippen LogP contribution in [0, 0.1) is 0 Å². The van der Waals surface area contributed by atoms with Gasteiger partial charge in [-0.2, -0.15) is 0 Å². The maximum Gasteiger partial charge on any atom is 0.185 e. The summed E-state index contributed by atoms with van der Waals surface area (Å²) >= 11 is 0. The van der Waals surface area contributed by atoms with Gasteiger partial charge in [-0.25, -0.2) is 0 Å². The lowest BCUT2D eigenvalue weighted by Gasteiger charge is -2.28. The minimum absolute atomic E-state index is 0.0288. The number of likely N-dealkylation sites (tertiary alicyclic amines) is 1. The molecule has 142 valence electrons. The summed E-state index contributed by atoms with van der Waals surface area (Å²) in [6.07, 6.45) is 6.57. The van der Waals surface area contributed by atoms with E-state index in [0.29, 0.717) is 17.9 Å². The number of aliphatic hydroxyl groups excluding tert-OH is 1. The molecule has 4 nitrogen and oxygen atoms in total. The Balaban J connectivity index is 1.51. The minimum atomic E-state index is -0.498. The fraction of sp³-hybridized carbons (Fsp3) is 0.348. The lowest BCUT2D eigenvalue weighted by molar-refractivity contribution is 0.0617. The third-order valence-electron chi connectivity index (χ3n) is 4.70. The number of hydrogen-bond acceptors (Lipinski definition) is 4. The van der Waals surface area contributed by atoms with Crippen molar-refractivity contribution in [2.24, 2.45) is 0 Å². The first-order chi connectivity index (χ1) is 13.2. The molecule has 1 heterocycles. The summed E-state index contributed by atoms with van der Waals surface area (Å²) in [7, 11) is 0. The van der Waals surface area contributed by atoms with E-state index >= 15 is 0 Å². The number of aliphatic hydroxyl groups is 1. The molecule has 0 saturated carbocycles. The summed E-state index contributed by atoms with van der Waals surface area (Å²) in [5.41, 5.74) is 1.56. The van der Waals surface area contributed by atoms with E-state index in [9.17, 15) is 9.90 Å². The van der Waals surface area contributed by atoms with Crippen molar-refractivity contribution in [3.63, 3.8) is 0 Å². The minimum Gasteiger partial charge on any atom is -0.491 e. The standard InChI is InChI=1S/C23H27NO3/c25-21(17-24-14-5-2-6-15-24)18-27-22-11-7-8-19(16-22)12-13-23(26)20-9-3-1-4-10-20/h1,3-4,7-13,16,21,25H,2,5-6,14-15,17-18H2/b13-12+. The molecule has 0 amide bonds. The first-order valence-corrected chi connectivity index (χ1v) is 9.61. The Morgan fingerprint density at radius 1 is 1.07 bits per heavy atom. The van der Waals surface area contributed by atoms with E-state index in [0.717, 1.165) is 18.7 Å². The number of hydrogen-bond donors (Lipinski definition) is 1. The van der Waals surface area contributed by atoms with Gasteiger partial charge in [-0.15, -0.1) is 0 Å². The Morgan fingerprint density at radius 3 is 2.63 bits per heavy atom. The predicted octanol–water partition coefficient (Wildman–Crippen LogP) is 3.81. The van der Waals surface area contributed by atoms with Crippen LogP contribution < -0.4 is 4.74 Å². The zero-order valence-corrected chi connectivity index (χ0v) is 15.6. The van der Waals surface area contributed by atoms with Crippen LogP contribution in [0.2, 0.25) is 0 Å². The van der Waals surface area contributed by atoms with Gasteiger partial charge in [-0.1, -0.05) is 55.0 Å². The molecule has 1 aliphatic rings. The number of β-amino-alcohol motifs (C(OH)–C–C–N with tert-alkyl or cyclic N) is 1. The number of carbonyl (C=O) groups is 1. The average molecular weight is 365 g/mol. The molecular formula is C23H27NO3. The summed E-state index contributed by atoms with van der Waals surface area (Å²) in [4.78, 5) is 14.4. The van der Waals surface area contributed by atoms with Gasteiger partial charge in [-0.3, -0.25) is 4.79 Å². The van der Waals surface area contributed by atoms with Crippen molar-refractivity contribution in [2.75, 3.05) is 26.2 Å². The van der Waals surface area contributed by atoms with Crippen molar-refractivity contribution in [3.05, 3.63) is 71.8 Å². The first kappa shape index (κ1) is 19.3. The van der Waals surface area contributed by atoms with Crippen LogP contribution in [-0.2, 0) is 0 Å². The molecule has 27 heavy (non-hydrogen) atoms. The van der Waals surface area contributed by atoms with Crippen molar-refractivity contribution in [1.29, 1.82) is 0 Å². The maximum atomic E-state index is 12.2. The number of rotatable bonds is 8. The zero-order valence-electron chi connectivity index (χ0n) is 15.6. The van der Waals surface area contributed by atoms with E-state index in [4.69, 9.17) is 4.74 Å². The molecule has 1 atom stereocenters. The van der Waals surface area contributed by atoms with Gasteiger partial charge in [0.05, 0.1) is 0 Å². The summed E-state index contributed by atoms with van der Waals surface area (Å²) in [5.74, 6) is 0.667. The van der Waals surface area contributed by atoms with E-state index in [1.54, 1.807) is 24.3 Å². The SMILES string of the molecule is O=C(/C=C/c1cccc(OCC(O)CN2CCCCC2)c1)c1ccccc1. The number of piperidine rings is 1. The summed E-state index contributed by atoms with van der Waals surface area (Å²) in [6.45, 7) is 3.05. The van der Waals surface area contributed by atoms with Gasteiger partial charge in [0.1, 0.15) is 18.5 Å². The monoisotopic (exact) mass is 365 g/mol. The Hall–Kier alpha value is -2.43. The van der Waals surface area contributed by atoms with Gasteiger partial charge in [0.2, 0.25) is 0 Å². The van der Waals surface area contributed by atoms with Crippen LogP contribution in [0.5, 0.6) is 5.75 Å². The van der Waals surface area contributed by atoms with Gasteiger partial charge in [0.15, 0.2) is 5.78 Å². The molecule has 4 heteroatoms. The highest BCUT2D eigenvalue weighted by Crippen LogP contribution is 2.16. The number of ketones is 1. The second kappa shape index (κ2) is 10.0. The number of nitrogens with zero attached hydrogens (tertiary/aromatic N) is 1. The third-order valence-corrected chi connectivity index (χ3v) is 4.70. The lowest BCUT2D eigenvalue weighted by Crippen LogP contribution is -2.38. The van der Waals surface area contributed by atoms with Crippen LogP contribution in [0.1, 0.15) is 35.2 Å². The lowest BCUT2D eigenvalue weighted by atomic mass is 10.1. The second-order valence-electron chi connectivity index (χ2n) is 6.96. The molecule has 0 aromatic heterocycles. The van der Waals surface area contributed by atoms with Gasteiger partial charge < -0.3 is 14.7 Å². The van der Waals surface area contributed by atoms with Crippen LogP contribution in [0.4, 0.5) is 0 Å². The van der Waals surface area contributed by atoms with E-state index < -0.39 is 6.10 Å². The maximum absolute atomic E-state index is 12.2. The molecule has 0 bridgehead atoms. The van der Waals surface area contributed by atoms with E-state index in [2.05, 4.69) is 4.90 Å². The highest BCUT2D eigenvalue weighted by atomic mass is 16.5. The van der Waals surface area contributed by atoms with Crippen LogP contribution in [0.25, 0.3) is 6.08 Å². The van der Waals surface area contributed by atoms with Gasteiger partial charge in [-0.05, 0) is 49.7 Å². The molecule has 1 saturated heterocycles. The van der Waals surface area contributed by atoms with Crippen molar-refractivity contribution in [2.45, 2.75) is 25.4 Å². The number of benzene rings is 2. The van der Waals surface area contributed by atoms with Gasteiger partial charge in [0, 0.05) is 12.1 Å². The topological polar surface area (TPSA) is 49.8 Å². The average Bonchev–Trinajstić information content (AvgIpc) is 2.72. The van der Waals surface area contributed by atoms with Crippen molar-refractivity contribution in [3.8, 4) is 5.75 Å². The fourth-order valence-electron chi connectivity index (χ4n) is 3.26. The van der Waals surface area contributed by atoms with Crippen molar-refractivity contribution < 1.29 is 14.6 Å². The van der Waals surface area contributed by atoms with Crippen LogP contribution in [0.3, 0.4) is 0 Å². The Labute approximate surface area is 161 Å². The van der Waals surface area contributed by atoms with E-state index in [1.165, 1.54) is 19.3 Å². The molecule has 0 spiro atoms. The molecule has 3 rings (SSSR count). The smallest absolute Gasteiger partial charge is 0.185 e. The number of carbonyl (C=O) groups excluding carboxylic acids is 1. The molecule has 2 aromatic carbocycles. The normalized spacial score (nSPS) is 16.3. The first-order valence-electron chi connectivity index (χ1n) is 9.61. The molecule has 1 unspecified atom stereocenters. The van der Waals surface area contributed by atoms with Crippen LogP contribution in [-0.4, -0.2) is 48.1 Å². The van der Waals surface area contributed by atoms with Crippen LogP contribution >= 0.6 is 0 Å². The fourth-order valence-corrected chi connectivity index (χ4v) is 3.26. The highest BCUT2D eigenvalue weighted by Gasteiger charge is 2.15. The number of ether oxygens (including phenoxy) is 1. The highest BCUT2D eigenvalue weighted by molar-refractivity contribution is 6.06. The van der Waals surface area contributed by atoms with Gasteiger partial charge >= 0.3 is 0 Å². The Bertz CT molecular complexity index is 751. The molecule has 0 radical (unpaired) electrons. The molecule has 1 aliphatic heterocycles. The summed E-state index contributed by atoms with van der Waals surface area (Å²) in [6, 6.07) is 16.7. The molecule has 0 aliphatic carbocycles. The quantitative estimate of drug-likeness (QED) is 0.571. The molecular weight excluding hydrogens is 338 g/mol. The van der Waals surface area contributed by atoms with Gasteiger partial charge in [0.25, 0.3) is 0 Å². The Kier molecular flexibility index (Phi) is 7.19. The third kappa shape index (κ3) is 6.35. The second-order valence-corrected chi connectivity index (χ2v) is 6.96. The molecule has 2 aromatic rings. The van der Waals surface area contributed by atoms with Crippen molar-refractivity contribution >= 4 is 11.9 Å². The summed E-state index contributed by atoms with van der Waals surface area (Å²) in [5, 5.41) is 10.2. The van der Waals surface area contributed by atoms with Crippen molar-refractivity contribution in [1.82, 2.24) is 4.90 Å². The number of allylic oxidation sites excluding steroid dienone is 1. The van der Waals surface area contributed by atoms with E-state index in [-0.39, 0.29) is 12.4 Å². The summed E-state index contributed by atoms with van der Waals surface area (Å²) < 4.78 is 5.75. The molecule has 1 N–H and O–H groups in total. The van der Waals surface area contributed by atoms with E-state index in [1.807, 2.05) is 42.5 Å². The van der Waals surface area contributed by atoms with Crippen LogP contribution in [0.15, 0.2) is 60.7 Å². The Morgan fingerprint density at radius 2 is 1.85 bits per heavy atom. The predicted molar refractivity (Wildman–Crippen MR) is 108 cm³/mol.